The first kappa shape index (κ1) is 24.3. The fourth-order valence-corrected chi connectivity index (χ4v) is 5.05. The Labute approximate surface area is 182 Å². The predicted molar refractivity (Wildman–Crippen MR) is 131 cm³/mol. The lowest BCUT2D eigenvalue weighted by atomic mass is 9.77. The Morgan fingerprint density at radius 1 is 0.759 bits per heavy atom. The molecule has 1 aliphatic carbocycles. The number of nitrogens with one attached hydrogen (secondary N) is 1. The van der Waals surface area contributed by atoms with Gasteiger partial charge in [-0.2, -0.15) is 0 Å². The lowest BCUT2D eigenvalue weighted by Crippen LogP contribution is -2.15. The molecule has 0 heterocycles. The molecule has 0 bridgehead atoms. The van der Waals surface area contributed by atoms with Crippen molar-refractivity contribution in [1.29, 1.82) is 0 Å². The van der Waals surface area contributed by atoms with Gasteiger partial charge in [0, 0.05) is 12.2 Å². The molecule has 1 aromatic carbocycles. The zero-order chi connectivity index (χ0) is 20.7. The van der Waals surface area contributed by atoms with Crippen LogP contribution in [0.15, 0.2) is 18.2 Å². The van der Waals surface area contributed by atoms with Gasteiger partial charge < -0.3 is 5.32 Å². The Morgan fingerprint density at radius 3 is 2.03 bits per heavy atom. The van der Waals surface area contributed by atoms with Crippen LogP contribution < -0.4 is 5.32 Å². The van der Waals surface area contributed by atoms with Crippen molar-refractivity contribution in [2.75, 3.05) is 11.9 Å². The predicted octanol–water partition coefficient (Wildman–Crippen LogP) is 9.09. The molecule has 29 heavy (non-hydrogen) atoms. The Morgan fingerprint density at radius 2 is 1.38 bits per heavy atom. The molecule has 1 nitrogen and oxygen atoms in total. The minimum Gasteiger partial charge on any atom is -0.385 e. The highest BCUT2D eigenvalue weighted by Gasteiger charge is 2.20. The van der Waals surface area contributed by atoms with Crippen LogP contribution in [0.2, 0.25) is 0 Å². The molecule has 0 atom stereocenters. The van der Waals surface area contributed by atoms with E-state index in [9.17, 15) is 0 Å². The van der Waals surface area contributed by atoms with Crippen LogP contribution in [0.3, 0.4) is 0 Å². The third kappa shape index (κ3) is 10.1. The summed E-state index contributed by atoms with van der Waals surface area (Å²) in [4.78, 5) is 0. The van der Waals surface area contributed by atoms with E-state index in [0.29, 0.717) is 0 Å². The molecule has 0 amide bonds. The molecular formula is C28H49N. The van der Waals surface area contributed by atoms with Crippen LogP contribution in [-0.2, 0) is 6.42 Å². The van der Waals surface area contributed by atoms with Gasteiger partial charge in [-0.25, -0.2) is 0 Å². The topological polar surface area (TPSA) is 12.0 Å². The lowest BCUT2D eigenvalue weighted by Gasteiger charge is -2.28. The van der Waals surface area contributed by atoms with Crippen molar-refractivity contribution >= 4 is 5.69 Å². The lowest BCUT2D eigenvalue weighted by molar-refractivity contribution is 0.248. The second kappa shape index (κ2) is 14.9. The summed E-state index contributed by atoms with van der Waals surface area (Å²) < 4.78 is 0. The molecule has 1 saturated carbocycles. The van der Waals surface area contributed by atoms with Crippen LogP contribution in [0.25, 0.3) is 0 Å². The molecule has 2 rings (SSSR count). The van der Waals surface area contributed by atoms with Gasteiger partial charge >= 0.3 is 0 Å². The number of rotatable bonds is 15. The van der Waals surface area contributed by atoms with E-state index in [2.05, 4.69) is 44.3 Å². The molecule has 0 spiro atoms. The minimum atomic E-state index is 0.974. The van der Waals surface area contributed by atoms with Gasteiger partial charge in [-0.1, -0.05) is 103 Å². The van der Waals surface area contributed by atoms with E-state index in [1.165, 1.54) is 114 Å². The first-order valence-electron chi connectivity index (χ1n) is 13.1. The van der Waals surface area contributed by atoms with Crippen LogP contribution in [0.5, 0.6) is 0 Å². The van der Waals surface area contributed by atoms with Crippen molar-refractivity contribution in [3.8, 4) is 0 Å². The van der Waals surface area contributed by atoms with Crippen molar-refractivity contribution in [1.82, 2.24) is 0 Å². The maximum Gasteiger partial charge on any atom is 0.0343 e. The summed E-state index contributed by atoms with van der Waals surface area (Å²) in [5.41, 5.74) is 4.33. The first-order chi connectivity index (χ1) is 14.2. The zero-order valence-electron chi connectivity index (χ0n) is 19.9. The fraction of sp³-hybridized carbons (Fsp3) is 0.786. The van der Waals surface area contributed by atoms with E-state index in [4.69, 9.17) is 0 Å². The highest BCUT2D eigenvalue weighted by Crippen LogP contribution is 2.34. The Balaban J connectivity index is 1.57. The van der Waals surface area contributed by atoms with Gasteiger partial charge in [0.25, 0.3) is 0 Å². The summed E-state index contributed by atoms with van der Waals surface area (Å²) in [5, 5.41) is 3.56. The minimum absolute atomic E-state index is 0.974. The third-order valence-electron chi connectivity index (χ3n) is 7.21. The number of anilines is 1. The number of aryl methyl sites for hydroxylation is 2. The summed E-state index contributed by atoms with van der Waals surface area (Å²) in [6, 6.07) is 7.01. The average Bonchev–Trinajstić information content (AvgIpc) is 2.73. The van der Waals surface area contributed by atoms with Crippen LogP contribution in [0.4, 0.5) is 5.69 Å². The quantitative estimate of drug-likeness (QED) is 0.290. The van der Waals surface area contributed by atoms with Crippen LogP contribution in [0, 0.1) is 18.8 Å². The molecule has 1 fully saturated rings. The monoisotopic (exact) mass is 399 g/mol. The number of hydrogen-bond donors (Lipinski definition) is 1. The van der Waals surface area contributed by atoms with Crippen molar-refractivity contribution < 1.29 is 0 Å². The molecule has 0 radical (unpaired) electrons. The van der Waals surface area contributed by atoms with Gasteiger partial charge in [0.15, 0.2) is 0 Å². The molecule has 0 aliphatic heterocycles. The van der Waals surface area contributed by atoms with Gasteiger partial charge in [0.2, 0.25) is 0 Å². The Hall–Kier alpha value is -0.980. The van der Waals surface area contributed by atoms with E-state index in [1.54, 1.807) is 5.56 Å². The SMILES string of the molecule is CCCCCCCCC[C@H]1CC[C@H](CCc2ccc(NCCCC)cc2C)CC1. The van der Waals surface area contributed by atoms with E-state index in [0.717, 1.165) is 18.4 Å². The molecule has 1 heteroatoms. The smallest absolute Gasteiger partial charge is 0.0343 e. The summed E-state index contributed by atoms with van der Waals surface area (Å²) in [6.07, 6.45) is 22.8. The normalized spacial score (nSPS) is 19.4. The summed E-state index contributed by atoms with van der Waals surface area (Å²) in [7, 11) is 0. The van der Waals surface area contributed by atoms with Crippen molar-refractivity contribution in [2.45, 2.75) is 124 Å². The van der Waals surface area contributed by atoms with Crippen LogP contribution >= 0.6 is 0 Å². The van der Waals surface area contributed by atoms with Gasteiger partial charge in [-0.3, -0.25) is 0 Å². The van der Waals surface area contributed by atoms with Crippen molar-refractivity contribution in [2.24, 2.45) is 11.8 Å². The number of unbranched alkanes of at least 4 members (excludes halogenated alkanes) is 7. The maximum absolute atomic E-state index is 3.56. The zero-order valence-corrected chi connectivity index (χ0v) is 19.9. The van der Waals surface area contributed by atoms with Crippen molar-refractivity contribution in [3.05, 3.63) is 29.3 Å². The van der Waals surface area contributed by atoms with Crippen LogP contribution in [-0.4, -0.2) is 6.54 Å². The summed E-state index contributed by atoms with van der Waals surface area (Å²) >= 11 is 0. The van der Waals surface area contributed by atoms with Gasteiger partial charge in [-0.05, 0) is 61.3 Å². The van der Waals surface area contributed by atoms with Crippen LogP contribution in [0.1, 0.15) is 121 Å². The first-order valence-corrected chi connectivity index (χ1v) is 13.1. The van der Waals surface area contributed by atoms with Gasteiger partial charge in [0.05, 0.1) is 0 Å². The fourth-order valence-electron chi connectivity index (χ4n) is 5.05. The number of hydrogen-bond acceptors (Lipinski definition) is 1. The average molecular weight is 400 g/mol. The Bertz CT molecular complexity index is 527. The van der Waals surface area contributed by atoms with Gasteiger partial charge in [0.1, 0.15) is 0 Å². The van der Waals surface area contributed by atoms with E-state index < -0.39 is 0 Å². The second-order valence-electron chi connectivity index (χ2n) is 9.76. The standard InChI is InChI=1S/C28H49N/c1-4-6-8-9-10-11-12-13-25-14-16-26(17-15-25)18-19-27-20-21-28(23-24(27)3)29-22-7-5-2/h20-21,23,25-26,29H,4-19,22H2,1-3H3/t25-,26-. The molecule has 1 aliphatic rings. The molecule has 0 unspecified atom stereocenters. The molecule has 166 valence electrons. The van der Waals surface area contributed by atoms with E-state index in [1.807, 2.05) is 0 Å². The molecule has 0 saturated heterocycles. The van der Waals surface area contributed by atoms with Gasteiger partial charge in [-0.15, -0.1) is 0 Å². The molecule has 1 N–H and O–H groups in total. The van der Waals surface area contributed by atoms with Crippen molar-refractivity contribution in [3.63, 3.8) is 0 Å². The van der Waals surface area contributed by atoms with E-state index in [-0.39, 0.29) is 0 Å². The molecular weight excluding hydrogens is 350 g/mol. The Kier molecular flexibility index (Phi) is 12.5. The largest absolute Gasteiger partial charge is 0.385 e. The van der Waals surface area contributed by atoms with E-state index >= 15 is 0 Å². The highest BCUT2D eigenvalue weighted by atomic mass is 14.9. The number of benzene rings is 1. The summed E-state index contributed by atoms with van der Waals surface area (Å²) in [5.74, 6) is 2.01. The third-order valence-corrected chi connectivity index (χ3v) is 7.21. The second-order valence-corrected chi connectivity index (χ2v) is 9.76. The maximum atomic E-state index is 3.56. The summed E-state index contributed by atoms with van der Waals surface area (Å²) in [6.45, 7) is 7.94. The molecule has 1 aromatic rings. The highest BCUT2D eigenvalue weighted by molar-refractivity contribution is 5.48. The molecule has 0 aromatic heterocycles.